The van der Waals surface area contributed by atoms with Crippen molar-refractivity contribution < 1.29 is 9.53 Å². The summed E-state index contributed by atoms with van der Waals surface area (Å²) in [6, 6.07) is 2.58. The Morgan fingerprint density at radius 3 is 3.00 bits per heavy atom. The van der Waals surface area contributed by atoms with Crippen LogP contribution in [0.5, 0.6) is 0 Å². The van der Waals surface area contributed by atoms with Crippen molar-refractivity contribution >= 4 is 29.1 Å². The van der Waals surface area contributed by atoms with Crippen molar-refractivity contribution in [2.45, 2.75) is 55.0 Å². The molecule has 0 aromatic carbocycles. The van der Waals surface area contributed by atoms with Crippen molar-refractivity contribution in [2.24, 2.45) is 0 Å². The second-order valence-corrected chi connectivity index (χ2v) is 8.20. The summed E-state index contributed by atoms with van der Waals surface area (Å²) in [7, 11) is 0. The van der Waals surface area contributed by atoms with Gasteiger partial charge in [0.2, 0.25) is 0 Å². The van der Waals surface area contributed by atoms with Crippen LogP contribution in [0.4, 0.5) is 0 Å². The van der Waals surface area contributed by atoms with Crippen molar-refractivity contribution in [3.8, 4) is 11.3 Å². The molecular formula is C17H20N2O2S2. The number of carbonyl (C=O) groups excluding carboxylic acids is 1. The molecule has 0 radical (unpaired) electrons. The molecule has 2 aromatic heterocycles. The molecule has 0 atom stereocenters. The molecular weight excluding hydrogens is 328 g/mol. The Bertz CT molecular complexity index is 729. The highest BCUT2D eigenvalue weighted by molar-refractivity contribution is 8.00. The van der Waals surface area contributed by atoms with E-state index in [9.17, 15) is 4.79 Å². The number of thioether (sulfide) groups is 1. The number of esters is 1. The highest BCUT2D eigenvalue weighted by atomic mass is 32.2. The highest BCUT2D eigenvalue weighted by Crippen LogP contribution is 2.47. The molecule has 6 heteroatoms. The topological polar surface area (TPSA) is 44.1 Å². The smallest absolute Gasteiger partial charge is 0.359 e. The van der Waals surface area contributed by atoms with Gasteiger partial charge in [-0.1, -0.05) is 19.3 Å². The molecule has 0 spiro atoms. The van der Waals surface area contributed by atoms with Crippen LogP contribution in [0, 0.1) is 0 Å². The highest BCUT2D eigenvalue weighted by Gasteiger charge is 2.32. The van der Waals surface area contributed by atoms with Crippen LogP contribution < -0.4 is 0 Å². The minimum Gasteiger partial charge on any atom is -0.461 e. The van der Waals surface area contributed by atoms with Crippen LogP contribution in [0.3, 0.4) is 0 Å². The average Bonchev–Trinajstić information content (AvgIpc) is 3.19. The maximum atomic E-state index is 12.4. The first-order valence-corrected chi connectivity index (χ1v) is 10.1. The van der Waals surface area contributed by atoms with Crippen molar-refractivity contribution in [1.29, 1.82) is 0 Å². The van der Waals surface area contributed by atoms with E-state index in [4.69, 9.17) is 9.84 Å². The molecule has 1 saturated carbocycles. The van der Waals surface area contributed by atoms with Crippen molar-refractivity contribution in [3.63, 3.8) is 0 Å². The number of thiophene rings is 1. The standard InChI is InChI=1S/C17H20N2O2S2/c1-2-21-16(20)14-13-10-23-17-12(8-9-22-17)15(13)19(18-14)11-6-4-3-5-7-11/h8-9,11H,2-7,10H2,1H3. The molecule has 0 unspecified atom stereocenters. The number of fused-ring (bicyclic) bond motifs is 3. The van der Waals surface area contributed by atoms with Crippen LogP contribution in [0.1, 0.15) is 61.1 Å². The third-order valence-corrected chi connectivity index (χ3v) is 6.89. The number of hydrogen-bond acceptors (Lipinski definition) is 5. The molecule has 4 rings (SSSR count). The Kier molecular flexibility index (Phi) is 4.20. The molecule has 0 bridgehead atoms. The molecule has 2 aromatic rings. The Labute approximate surface area is 144 Å². The Hall–Kier alpha value is -1.27. The quantitative estimate of drug-likeness (QED) is 0.740. The van der Waals surface area contributed by atoms with Crippen molar-refractivity contribution in [3.05, 3.63) is 22.7 Å². The Balaban J connectivity index is 1.84. The van der Waals surface area contributed by atoms with Gasteiger partial charge in [0, 0.05) is 16.9 Å². The van der Waals surface area contributed by atoms with Gasteiger partial charge in [0.15, 0.2) is 5.69 Å². The summed E-state index contributed by atoms with van der Waals surface area (Å²) >= 11 is 3.58. The summed E-state index contributed by atoms with van der Waals surface area (Å²) < 4.78 is 8.73. The monoisotopic (exact) mass is 348 g/mol. The first-order chi connectivity index (χ1) is 11.3. The van der Waals surface area contributed by atoms with E-state index < -0.39 is 0 Å². The van der Waals surface area contributed by atoms with E-state index in [1.54, 1.807) is 23.1 Å². The number of aromatic nitrogens is 2. The van der Waals surface area contributed by atoms with Crippen LogP contribution in [0.15, 0.2) is 15.7 Å². The van der Waals surface area contributed by atoms with E-state index in [1.165, 1.54) is 29.0 Å². The van der Waals surface area contributed by atoms with Gasteiger partial charge >= 0.3 is 5.97 Å². The molecule has 0 N–H and O–H groups in total. The lowest BCUT2D eigenvalue weighted by molar-refractivity contribution is 0.0517. The summed E-state index contributed by atoms with van der Waals surface area (Å²) in [5.74, 6) is 0.529. The van der Waals surface area contributed by atoms with Crippen LogP contribution in [-0.4, -0.2) is 22.4 Å². The molecule has 0 saturated heterocycles. The summed E-state index contributed by atoms with van der Waals surface area (Å²) in [4.78, 5) is 12.4. The fourth-order valence-electron chi connectivity index (χ4n) is 3.56. The fourth-order valence-corrected chi connectivity index (χ4v) is 5.67. The van der Waals surface area contributed by atoms with Gasteiger partial charge in [-0.05, 0) is 31.2 Å². The van der Waals surface area contributed by atoms with Gasteiger partial charge in [0.1, 0.15) is 0 Å². The summed E-state index contributed by atoms with van der Waals surface area (Å²) in [6.07, 6.45) is 6.12. The van der Waals surface area contributed by atoms with Gasteiger partial charge in [-0.2, -0.15) is 5.10 Å². The van der Waals surface area contributed by atoms with E-state index in [0.717, 1.165) is 29.9 Å². The van der Waals surface area contributed by atoms with Crippen LogP contribution in [-0.2, 0) is 10.5 Å². The zero-order chi connectivity index (χ0) is 15.8. The van der Waals surface area contributed by atoms with E-state index in [2.05, 4.69) is 16.1 Å². The number of rotatable bonds is 3. The maximum Gasteiger partial charge on any atom is 0.359 e. The predicted molar refractivity (Wildman–Crippen MR) is 93.2 cm³/mol. The summed E-state index contributed by atoms with van der Waals surface area (Å²) in [6.45, 7) is 2.23. The SMILES string of the molecule is CCOC(=O)c1nn(C2CCCCC2)c2c1CSc1sccc1-2. The van der Waals surface area contributed by atoms with Gasteiger partial charge in [0.05, 0.1) is 22.6 Å². The first kappa shape index (κ1) is 15.3. The molecule has 23 heavy (non-hydrogen) atoms. The molecule has 4 nitrogen and oxygen atoms in total. The van der Waals surface area contributed by atoms with Gasteiger partial charge in [-0.25, -0.2) is 4.79 Å². The zero-order valence-electron chi connectivity index (χ0n) is 13.2. The van der Waals surface area contributed by atoms with Crippen LogP contribution in [0.2, 0.25) is 0 Å². The summed E-state index contributed by atoms with van der Waals surface area (Å²) in [5, 5.41) is 6.88. The zero-order valence-corrected chi connectivity index (χ0v) is 14.8. The van der Waals surface area contributed by atoms with E-state index in [0.29, 0.717) is 18.3 Å². The van der Waals surface area contributed by atoms with Gasteiger partial charge in [-0.15, -0.1) is 23.1 Å². The molecule has 3 heterocycles. The van der Waals surface area contributed by atoms with E-state index in [-0.39, 0.29) is 5.97 Å². The largest absolute Gasteiger partial charge is 0.461 e. The van der Waals surface area contributed by atoms with Crippen molar-refractivity contribution in [1.82, 2.24) is 9.78 Å². The number of carbonyl (C=O) groups is 1. The molecule has 1 aliphatic heterocycles. The average molecular weight is 348 g/mol. The lowest BCUT2D eigenvalue weighted by atomic mass is 9.95. The van der Waals surface area contributed by atoms with Gasteiger partial charge in [0.25, 0.3) is 0 Å². The molecule has 2 aliphatic rings. The van der Waals surface area contributed by atoms with Crippen LogP contribution >= 0.6 is 23.1 Å². The number of nitrogens with zero attached hydrogens (tertiary/aromatic N) is 2. The normalized spacial score (nSPS) is 17.6. The third kappa shape index (κ3) is 2.62. The Morgan fingerprint density at radius 1 is 1.39 bits per heavy atom. The Morgan fingerprint density at radius 2 is 2.22 bits per heavy atom. The predicted octanol–water partition coefficient (Wildman–Crippen LogP) is 4.90. The van der Waals surface area contributed by atoms with E-state index >= 15 is 0 Å². The lowest BCUT2D eigenvalue weighted by Gasteiger charge is -2.25. The van der Waals surface area contributed by atoms with E-state index in [1.807, 2.05) is 6.92 Å². The molecule has 1 fully saturated rings. The third-order valence-electron chi connectivity index (χ3n) is 4.63. The second kappa shape index (κ2) is 6.32. The minimum absolute atomic E-state index is 0.280. The molecule has 122 valence electrons. The maximum absolute atomic E-state index is 12.4. The lowest BCUT2D eigenvalue weighted by Crippen LogP contribution is -2.16. The molecule has 0 amide bonds. The number of ether oxygens (including phenoxy) is 1. The van der Waals surface area contributed by atoms with Gasteiger partial charge in [-0.3, -0.25) is 4.68 Å². The van der Waals surface area contributed by atoms with Crippen LogP contribution in [0.25, 0.3) is 11.3 Å². The fraction of sp³-hybridized carbons (Fsp3) is 0.529. The number of hydrogen-bond donors (Lipinski definition) is 0. The molecule has 1 aliphatic carbocycles. The minimum atomic E-state index is -0.280. The van der Waals surface area contributed by atoms with Gasteiger partial charge < -0.3 is 4.74 Å². The first-order valence-electron chi connectivity index (χ1n) is 8.28. The second-order valence-electron chi connectivity index (χ2n) is 6.04. The summed E-state index contributed by atoms with van der Waals surface area (Å²) in [5.41, 5.74) is 3.99. The van der Waals surface area contributed by atoms with Crippen molar-refractivity contribution in [2.75, 3.05) is 6.61 Å².